The molecular weight excluding hydrogens is 686 g/mol. The maximum absolute atomic E-state index is 12.6. The van der Waals surface area contributed by atoms with E-state index in [4.69, 9.17) is 21.7 Å². The molecule has 0 unspecified atom stereocenters. The van der Waals surface area contributed by atoms with Gasteiger partial charge in [-0.05, 0) is 73.9 Å². The predicted octanol–water partition coefficient (Wildman–Crippen LogP) is 8.06. The fraction of sp³-hybridized carbons (Fsp3) is 0.238. The van der Waals surface area contributed by atoms with E-state index in [0.717, 1.165) is 45.1 Å². The Hall–Kier alpha value is -5.87. The smallest absolute Gasteiger partial charge is 0.303 e. The first kappa shape index (κ1) is 36.9. The Morgan fingerprint density at radius 2 is 1.17 bits per heavy atom. The Bertz CT molecular complexity index is 2320. The minimum Gasteiger partial charge on any atom is -0.481 e. The van der Waals surface area contributed by atoms with Crippen molar-refractivity contribution in [2.75, 3.05) is 0 Å². The molecule has 4 heterocycles. The van der Waals surface area contributed by atoms with Crippen LogP contribution in [0.15, 0.2) is 109 Å². The van der Waals surface area contributed by atoms with Gasteiger partial charge in [0.15, 0.2) is 11.3 Å². The number of carboxylic acids is 1. The summed E-state index contributed by atoms with van der Waals surface area (Å²) in [6.07, 6.45) is 4.88. The molecule has 0 bridgehead atoms. The van der Waals surface area contributed by atoms with E-state index in [1.165, 1.54) is 16.7 Å². The van der Waals surface area contributed by atoms with E-state index in [1.807, 2.05) is 60.0 Å². The van der Waals surface area contributed by atoms with E-state index in [9.17, 15) is 9.59 Å². The molecule has 1 amide bonds. The molecule has 270 valence electrons. The number of nitrogens with one attached hydrogen (secondary N) is 1. The summed E-state index contributed by atoms with van der Waals surface area (Å²) >= 11 is 5.95. The molecule has 4 aromatic heterocycles. The van der Waals surface area contributed by atoms with Crippen molar-refractivity contribution in [3.63, 3.8) is 0 Å². The van der Waals surface area contributed by atoms with Gasteiger partial charge in [-0.3, -0.25) is 9.59 Å². The third-order valence-electron chi connectivity index (χ3n) is 8.97. The fourth-order valence-corrected chi connectivity index (χ4v) is 6.20. The van der Waals surface area contributed by atoms with Crippen molar-refractivity contribution < 1.29 is 14.7 Å². The lowest BCUT2D eigenvalue weighted by atomic mass is 10.1. The number of carboxylic acid groups (broad SMARTS) is 1. The highest BCUT2D eigenvalue weighted by atomic mass is 35.5. The number of halogens is 1. The Morgan fingerprint density at radius 3 is 1.64 bits per heavy atom. The second-order valence-corrected chi connectivity index (χ2v) is 13.6. The van der Waals surface area contributed by atoms with E-state index in [2.05, 4.69) is 87.2 Å². The Kier molecular flexibility index (Phi) is 11.9. The van der Waals surface area contributed by atoms with Crippen LogP contribution in [-0.2, 0) is 35.5 Å². The second kappa shape index (κ2) is 17.1. The molecule has 10 nitrogen and oxygen atoms in total. The summed E-state index contributed by atoms with van der Waals surface area (Å²) in [4.78, 5) is 41.7. The van der Waals surface area contributed by atoms with Crippen molar-refractivity contribution in [3.8, 4) is 0 Å². The number of rotatable bonds is 12. The number of carbonyl (C=O) groups excluding carboxylic acids is 1. The first-order valence-corrected chi connectivity index (χ1v) is 18.0. The molecule has 0 spiro atoms. The molecular formula is C42H42ClN7O3. The van der Waals surface area contributed by atoms with Gasteiger partial charge in [0.1, 0.15) is 22.7 Å². The van der Waals surface area contributed by atoms with Gasteiger partial charge in [-0.1, -0.05) is 83.4 Å². The second-order valence-electron chi connectivity index (χ2n) is 13.1. The first-order valence-electron chi connectivity index (χ1n) is 17.6. The number of aliphatic carboxylic acids is 1. The summed E-state index contributed by atoms with van der Waals surface area (Å²) in [6, 6.07) is 31.8. The average Bonchev–Trinajstić information content (AvgIpc) is 3.69. The molecule has 53 heavy (non-hydrogen) atoms. The number of hydrogen-bond donors (Lipinski definition) is 2. The van der Waals surface area contributed by atoms with E-state index in [1.54, 1.807) is 12.4 Å². The number of pyridine rings is 2. The molecule has 7 rings (SSSR count). The monoisotopic (exact) mass is 727 g/mol. The van der Waals surface area contributed by atoms with Crippen LogP contribution in [0.3, 0.4) is 0 Å². The molecule has 0 saturated carbocycles. The molecule has 11 heteroatoms. The summed E-state index contributed by atoms with van der Waals surface area (Å²) in [7, 11) is 0. The summed E-state index contributed by atoms with van der Waals surface area (Å²) < 4.78 is 4.11. The topological polar surface area (TPSA) is 128 Å². The fourth-order valence-electron chi connectivity index (χ4n) is 6.07. The molecule has 7 aromatic rings. The summed E-state index contributed by atoms with van der Waals surface area (Å²) in [5.74, 6) is 0.798. The quantitative estimate of drug-likeness (QED) is 0.130. The molecule has 2 N–H and O–H groups in total. The van der Waals surface area contributed by atoms with Crippen LogP contribution in [0.2, 0.25) is 5.02 Å². The van der Waals surface area contributed by atoms with Gasteiger partial charge < -0.3 is 19.6 Å². The predicted molar refractivity (Wildman–Crippen MR) is 208 cm³/mol. The number of amides is 1. The maximum atomic E-state index is 12.6. The van der Waals surface area contributed by atoms with Crippen LogP contribution < -0.4 is 5.32 Å². The molecule has 1 atom stereocenters. The van der Waals surface area contributed by atoms with Crippen molar-refractivity contribution in [1.29, 1.82) is 0 Å². The summed E-state index contributed by atoms with van der Waals surface area (Å²) in [5, 5.41) is 12.7. The van der Waals surface area contributed by atoms with E-state index in [-0.39, 0.29) is 18.4 Å². The SMILES string of the molecule is Cc1ccc(Cn2c(CCC(=O)N[C@@H](C)c3ccc(Cl)cc3)nc3cccnc32)cc1.Cc1ccc(Cn2c(CCC(=O)O)nc3cccnc32)cc1. The standard InChI is InChI=1S/C25H25ClN4O.C17H17N3O2/c1-17-5-7-19(8-6-17)16-30-23(29-22-4-3-15-27-25(22)30)13-14-24(31)28-18(2)20-9-11-21(26)12-10-20;1-12-4-6-13(7-5-12)11-20-15(8-9-16(21)22)19-14-3-2-10-18-17(14)20/h3-12,15,18H,13-14,16H2,1-2H3,(H,28,31);2-7,10H,8-9,11H2,1H3,(H,21,22)/t18-;/m0./s1. The van der Waals surface area contributed by atoms with E-state index in [0.29, 0.717) is 37.4 Å². The Labute approximate surface area is 313 Å². The number of aromatic nitrogens is 6. The van der Waals surface area contributed by atoms with Gasteiger partial charge in [-0.15, -0.1) is 0 Å². The van der Waals surface area contributed by atoms with Crippen LogP contribution in [0.25, 0.3) is 22.3 Å². The van der Waals surface area contributed by atoms with Gasteiger partial charge in [0.2, 0.25) is 5.91 Å². The zero-order chi connectivity index (χ0) is 37.3. The first-order chi connectivity index (χ1) is 25.6. The highest BCUT2D eigenvalue weighted by molar-refractivity contribution is 6.30. The lowest BCUT2D eigenvalue weighted by Gasteiger charge is -2.15. The minimum atomic E-state index is -0.818. The van der Waals surface area contributed by atoms with Gasteiger partial charge >= 0.3 is 5.97 Å². The van der Waals surface area contributed by atoms with Crippen LogP contribution in [0, 0.1) is 13.8 Å². The maximum Gasteiger partial charge on any atom is 0.303 e. The van der Waals surface area contributed by atoms with Gasteiger partial charge in [0.25, 0.3) is 0 Å². The number of benzene rings is 3. The van der Waals surface area contributed by atoms with Crippen molar-refractivity contribution in [2.45, 2.75) is 65.6 Å². The number of aryl methyl sites for hydroxylation is 4. The molecule has 0 aliphatic heterocycles. The molecule has 0 aliphatic rings. The number of carbonyl (C=O) groups is 2. The number of imidazole rings is 2. The summed E-state index contributed by atoms with van der Waals surface area (Å²) in [6.45, 7) is 7.41. The van der Waals surface area contributed by atoms with Gasteiger partial charge in [0, 0.05) is 36.7 Å². The third kappa shape index (κ3) is 9.72. The lowest BCUT2D eigenvalue weighted by Crippen LogP contribution is -2.27. The van der Waals surface area contributed by atoms with Crippen molar-refractivity contribution in [2.24, 2.45) is 0 Å². The molecule has 3 aromatic carbocycles. The van der Waals surface area contributed by atoms with Crippen molar-refractivity contribution >= 4 is 45.8 Å². The molecule has 0 fully saturated rings. The van der Waals surface area contributed by atoms with Crippen LogP contribution in [0.4, 0.5) is 0 Å². The summed E-state index contributed by atoms with van der Waals surface area (Å²) in [5.41, 5.74) is 9.07. The highest BCUT2D eigenvalue weighted by Crippen LogP contribution is 2.20. The molecule has 0 aliphatic carbocycles. The van der Waals surface area contributed by atoms with Crippen LogP contribution in [0.5, 0.6) is 0 Å². The highest BCUT2D eigenvalue weighted by Gasteiger charge is 2.16. The normalized spacial score (nSPS) is 11.6. The van der Waals surface area contributed by atoms with Crippen LogP contribution in [0.1, 0.15) is 65.3 Å². The van der Waals surface area contributed by atoms with Crippen molar-refractivity contribution in [3.05, 3.63) is 154 Å². The number of hydrogen-bond acceptors (Lipinski definition) is 6. The van der Waals surface area contributed by atoms with Crippen LogP contribution in [-0.4, -0.2) is 46.1 Å². The zero-order valence-electron chi connectivity index (χ0n) is 30.0. The zero-order valence-corrected chi connectivity index (χ0v) is 30.8. The van der Waals surface area contributed by atoms with Gasteiger partial charge in [-0.2, -0.15) is 0 Å². The van der Waals surface area contributed by atoms with Crippen molar-refractivity contribution in [1.82, 2.24) is 34.4 Å². The van der Waals surface area contributed by atoms with E-state index < -0.39 is 5.97 Å². The minimum absolute atomic E-state index is 0.00986. The van der Waals surface area contributed by atoms with E-state index >= 15 is 0 Å². The van der Waals surface area contributed by atoms with Crippen LogP contribution >= 0.6 is 11.6 Å². The third-order valence-corrected chi connectivity index (χ3v) is 9.23. The number of fused-ring (bicyclic) bond motifs is 2. The van der Waals surface area contributed by atoms with Gasteiger partial charge in [-0.25, -0.2) is 19.9 Å². The number of nitrogens with zero attached hydrogens (tertiary/aromatic N) is 6. The Balaban J connectivity index is 0.000000192. The van der Waals surface area contributed by atoms with Gasteiger partial charge in [0.05, 0.1) is 25.6 Å². The molecule has 0 radical (unpaired) electrons. The Morgan fingerprint density at radius 1 is 0.698 bits per heavy atom. The largest absolute Gasteiger partial charge is 0.481 e. The molecule has 0 saturated heterocycles. The average molecular weight is 728 g/mol. The lowest BCUT2D eigenvalue weighted by molar-refractivity contribution is -0.137.